The molecule has 0 aromatic carbocycles. The van der Waals surface area contributed by atoms with Crippen molar-refractivity contribution >= 4 is 27.3 Å². The van der Waals surface area contributed by atoms with Crippen LogP contribution in [-0.4, -0.2) is 31.6 Å². The van der Waals surface area contributed by atoms with E-state index in [0.717, 1.165) is 13.1 Å². The van der Waals surface area contributed by atoms with Gasteiger partial charge in [0.05, 0.1) is 3.79 Å². The second kappa shape index (κ2) is 6.63. The van der Waals surface area contributed by atoms with Crippen molar-refractivity contribution in [1.82, 2.24) is 10.2 Å². The van der Waals surface area contributed by atoms with E-state index in [0.29, 0.717) is 6.04 Å². The molecule has 15 heavy (non-hydrogen) atoms. The van der Waals surface area contributed by atoms with Gasteiger partial charge in [-0.25, -0.2) is 0 Å². The molecule has 0 saturated heterocycles. The van der Waals surface area contributed by atoms with E-state index in [1.807, 2.05) is 0 Å². The van der Waals surface area contributed by atoms with Gasteiger partial charge in [0.25, 0.3) is 0 Å². The largest absolute Gasteiger partial charge is 0.309 e. The van der Waals surface area contributed by atoms with Crippen molar-refractivity contribution in [2.45, 2.75) is 25.9 Å². The maximum absolute atomic E-state index is 3.53. The summed E-state index contributed by atoms with van der Waals surface area (Å²) in [6.45, 7) is 4.36. The third-order valence-corrected chi connectivity index (χ3v) is 3.89. The molecule has 1 heterocycles. The second-order valence-corrected chi connectivity index (χ2v) is 6.63. The first-order chi connectivity index (χ1) is 7.08. The van der Waals surface area contributed by atoms with E-state index >= 15 is 0 Å². The molecule has 4 heteroatoms. The van der Waals surface area contributed by atoms with Gasteiger partial charge in [-0.1, -0.05) is 0 Å². The lowest BCUT2D eigenvalue weighted by atomic mass is 10.2. The van der Waals surface area contributed by atoms with E-state index in [-0.39, 0.29) is 0 Å². The average Bonchev–Trinajstić information content (AvgIpc) is 2.58. The monoisotopic (exact) mass is 290 g/mol. The SMILES string of the molecule is CC(CCN(C)C)NCc1ccc(Br)s1. The Morgan fingerprint density at radius 3 is 2.73 bits per heavy atom. The normalized spacial score (nSPS) is 13.4. The molecular weight excluding hydrogens is 272 g/mol. The predicted molar refractivity (Wildman–Crippen MR) is 71.5 cm³/mol. The summed E-state index contributed by atoms with van der Waals surface area (Å²) in [6, 6.07) is 4.85. The van der Waals surface area contributed by atoms with Gasteiger partial charge in [0.15, 0.2) is 0 Å². The zero-order chi connectivity index (χ0) is 11.3. The predicted octanol–water partition coefficient (Wildman–Crippen LogP) is 2.94. The van der Waals surface area contributed by atoms with Crippen LogP contribution in [0.25, 0.3) is 0 Å². The fourth-order valence-corrected chi connectivity index (χ4v) is 2.71. The van der Waals surface area contributed by atoms with Gasteiger partial charge in [-0.3, -0.25) is 0 Å². The van der Waals surface area contributed by atoms with Crippen molar-refractivity contribution in [3.8, 4) is 0 Å². The van der Waals surface area contributed by atoms with E-state index in [9.17, 15) is 0 Å². The highest BCUT2D eigenvalue weighted by atomic mass is 79.9. The summed E-state index contributed by atoms with van der Waals surface area (Å²) in [7, 11) is 4.23. The third-order valence-electron chi connectivity index (χ3n) is 2.26. The fourth-order valence-electron chi connectivity index (χ4n) is 1.28. The maximum atomic E-state index is 3.53. The van der Waals surface area contributed by atoms with Crippen LogP contribution in [0.5, 0.6) is 0 Å². The molecule has 0 radical (unpaired) electrons. The molecule has 0 aliphatic rings. The molecule has 86 valence electrons. The molecule has 1 aromatic heterocycles. The number of thiophene rings is 1. The van der Waals surface area contributed by atoms with Gasteiger partial charge >= 0.3 is 0 Å². The van der Waals surface area contributed by atoms with E-state index in [4.69, 9.17) is 0 Å². The first-order valence-electron chi connectivity index (χ1n) is 5.20. The van der Waals surface area contributed by atoms with Gasteiger partial charge in [-0.2, -0.15) is 0 Å². The molecule has 0 fully saturated rings. The highest BCUT2D eigenvalue weighted by Gasteiger charge is 2.03. The van der Waals surface area contributed by atoms with Gasteiger partial charge in [0.2, 0.25) is 0 Å². The Kier molecular flexibility index (Phi) is 5.82. The van der Waals surface area contributed by atoms with Crippen molar-refractivity contribution < 1.29 is 0 Å². The Morgan fingerprint density at radius 1 is 1.47 bits per heavy atom. The zero-order valence-corrected chi connectivity index (χ0v) is 12.0. The van der Waals surface area contributed by atoms with Gasteiger partial charge in [0.1, 0.15) is 0 Å². The van der Waals surface area contributed by atoms with E-state index < -0.39 is 0 Å². The average molecular weight is 291 g/mol. The van der Waals surface area contributed by atoms with Crippen LogP contribution in [0.15, 0.2) is 15.9 Å². The van der Waals surface area contributed by atoms with Crippen molar-refractivity contribution in [2.24, 2.45) is 0 Å². The molecule has 0 aliphatic heterocycles. The van der Waals surface area contributed by atoms with Crippen LogP contribution < -0.4 is 5.32 Å². The molecule has 0 saturated carbocycles. The van der Waals surface area contributed by atoms with E-state index in [1.165, 1.54) is 15.1 Å². The molecule has 1 unspecified atom stereocenters. The Bertz CT molecular complexity index is 286. The summed E-state index contributed by atoms with van der Waals surface area (Å²) in [6.07, 6.45) is 1.19. The third kappa shape index (κ3) is 5.66. The summed E-state index contributed by atoms with van der Waals surface area (Å²) in [5.41, 5.74) is 0. The Morgan fingerprint density at radius 2 is 2.20 bits per heavy atom. The maximum Gasteiger partial charge on any atom is 0.0701 e. The smallest absolute Gasteiger partial charge is 0.0701 e. The molecule has 1 rings (SSSR count). The van der Waals surface area contributed by atoms with Crippen LogP contribution in [0.1, 0.15) is 18.2 Å². The van der Waals surface area contributed by atoms with Crippen LogP contribution in [0, 0.1) is 0 Å². The molecule has 0 aliphatic carbocycles. The van der Waals surface area contributed by atoms with Crippen LogP contribution in [0.4, 0.5) is 0 Å². The summed E-state index contributed by atoms with van der Waals surface area (Å²) in [4.78, 5) is 3.61. The first kappa shape index (κ1) is 13.2. The summed E-state index contributed by atoms with van der Waals surface area (Å²) >= 11 is 5.27. The molecule has 0 spiro atoms. The number of rotatable bonds is 6. The first-order valence-corrected chi connectivity index (χ1v) is 6.81. The Hall–Kier alpha value is 0.1000. The minimum absolute atomic E-state index is 0.577. The minimum Gasteiger partial charge on any atom is -0.309 e. The molecule has 2 nitrogen and oxygen atoms in total. The highest BCUT2D eigenvalue weighted by Crippen LogP contribution is 2.21. The topological polar surface area (TPSA) is 15.3 Å². The zero-order valence-electron chi connectivity index (χ0n) is 9.59. The fraction of sp³-hybridized carbons (Fsp3) is 0.636. The lowest BCUT2D eigenvalue weighted by Gasteiger charge is -2.16. The summed E-state index contributed by atoms with van der Waals surface area (Å²) in [5.74, 6) is 0. The Labute approximate surface area is 105 Å². The quantitative estimate of drug-likeness (QED) is 0.867. The molecule has 1 aromatic rings. The Balaban J connectivity index is 2.19. The van der Waals surface area contributed by atoms with Gasteiger partial charge in [-0.05, 0) is 62.0 Å². The van der Waals surface area contributed by atoms with Crippen LogP contribution >= 0.6 is 27.3 Å². The molecule has 1 N–H and O–H groups in total. The summed E-state index contributed by atoms with van der Waals surface area (Å²) < 4.78 is 1.21. The number of hydrogen-bond donors (Lipinski definition) is 1. The minimum atomic E-state index is 0.577. The van der Waals surface area contributed by atoms with Crippen molar-refractivity contribution in [3.63, 3.8) is 0 Å². The lowest BCUT2D eigenvalue weighted by molar-refractivity contribution is 0.366. The molecular formula is C11H19BrN2S. The van der Waals surface area contributed by atoms with Crippen LogP contribution in [0.2, 0.25) is 0 Å². The van der Waals surface area contributed by atoms with Crippen LogP contribution in [0.3, 0.4) is 0 Å². The van der Waals surface area contributed by atoms with Crippen molar-refractivity contribution in [1.29, 1.82) is 0 Å². The summed E-state index contributed by atoms with van der Waals surface area (Å²) in [5, 5.41) is 3.53. The van der Waals surface area contributed by atoms with Gasteiger partial charge < -0.3 is 10.2 Å². The van der Waals surface area contributed by atoms with Crippen molar-refractivity contribution in [2.75, 3.05) is 20.6 Å². The van der Waals surface area contributed by atoms with Gasteiger partial charge in [0, 0.05) is 17.5 Å². The molecule has 1 atom stereocenters. The number of halogens is 1. The number of nitrogens with one attached hydrogen (secondary N) is 1. The molecule has 0 amide bonds. The highest BCUT2D eigenvalue weighted by molar-refractivity contribution is 9.11. The van der Waals surface area contributed by atoms with E-state index in [2.05, 4.69) is 59.3 Å². The second-order valence-electron chi connectivity index (χ2n) is 4.08. The van der Waals surface area contributed by atoms with Crippen LogP contribution in [-0.2, 0) is 6.54 Å². The number of nitrogens with zero attached hydrogens (tertiary/aromatic N) is 1. The lowest BCUT2D eigenvalue weighted by Crippen LogP contribution is -2.29. The van der Waals surface area contributed by atoms with Crippen molar-refractivity contribution in [3.05, 3.63) is 20.8 Å². The number of hydrogen-bond acceptors (Lipinski definition) is 3. The molecule has 0 bridgehead atoms. The van der Waals surface area contributed by atoms with E-state index in [1.54, 1.807) is 11.3 Å². The van der Waals surface area contributed by atoms with Gasteiger partial charge in [-0.15, -0.1) is 11.3 Å². The standard InChI is InChI=1S/C11H19BrN2S/c1-9(6-7-14(2)3)13-8-10-4-5-11(12)15-10/h4-5,9,13H,6-8H2,1-3H3.